The van der Waals surface area contributed by atoms with E-state index in [0.29, 0.717) is 17.0 Å². The minimum absolute atomic E-state index is 0.0738. The monoisotopic (exact) mass is 428 g/mol. The van der Waals surface area contributed by atoms with E-state index in [4.69, 9.17) is 0 Å². The van der Waals surface area contributed by atoms with Gasteiger partial charge in [-0.2, -0.15) is 0 Å². The number of thioether (sulfide) groups is 1. The van der Waals surface area contributed by atoms with Crippen molar-refractivity contribution in [3.8, 4) is 0 Å². The van der Waals surface area contributed by atoms with Crippen molar-refractivity contribution >= 4 is 35.3 Å². The molecule has 0 saturated heterocycles. The Morgan fingerprint density at radius 1 is 0.968 bits per heavy atom. The molecule has 0 aromatic heterocycles. The number of hydrogen-bond donors (Lipinski definition) is 1. The molecular weight excluding hydrogens is 404 g/mol. The number of hydrogen-bond acceptors (Lipinski definition) is 3. The number of aryl methyl sites for hydroxylation is 2. The number of anilines is 1. The zero-order valence-corrected chi connectivity index (χ0v) is 18.6. The zero-order chi connectivity index (χ0) is 22.0. The first-order valence-corrected chi connectivity index (χ1v) is 10.9. The second kappa shape index (κ2) is 8.82. The van der Waals surface area contributed by atoms with Crippen LogP contribution < -0.4 is 10.2 Å². The summed E-state index contributed by atoms with van der Waals surface area (Å²) in [5, 5.41) is 2.95. The Morgan fingerprint density at radius 2 is 1.61 bits per heavy atom. The Bertz CT molecular complexity index is 1170. The fourth-order valence-electron chi connectivity index (χ4n) is 3.34. The molecule has 3 aromatic rings. The lowest BCUT2D eigenvalue weighted by Gasteiger charge is -2.27. The van der Waals surface area contributed by atoms with Crippen molar-refractivity contribution in [3.63, 3.8) is 0 Å². The zero-order valence-electron chi connectivity index (χ0n) is 17.8. The summed E-state index contributed by atoms with van der Waals surface area (Å²) in [6.07, 6.45) is 1.91. The number of carbonyl (C=O) groups is 2. The van der Waals surface area contributed by atoms with Crippen molar-refractivity contribution in [2.45, 2.75) is 25.3 Å². The summed E-state index contributed by atoms with van der Waals surface area (Å²) in [7, 11) is 1.75. The SMILES string of the molecule is Cc1ccc(/C=C2\Sc3ccc(C(=O)NCc4ccc(C)cc4)cc3N(C)C2=O)cc1. The van der Waals surface area contributed by atoms with Crippen LogP contribution in [0.25, 0.3) is 6.08 Å². The summed E-state index contributed by atoms with van der Waals surface area (Å²) in [6, 6.07) is 21.7. The largest absolute Gasteiger partial charge is 0.348 e. The normalized spacial score (nSPS) is 14.5. The summed E-state index contributed by atoms with van der Waals surface area (Å²) < 4.78 is 0. The Morgan fingerprint density at radius 3 is 2.29 bits per heavy atom. The Kier molecular flexibility index (Phi) is 5.96. The lowest BCUT2D eigenvalue weighted by atomic mass is 10.1. The number of nitrogens with one attached hydrogen (secondary N) is 1. The molecule has 4 rings (SSSR count). The van der Waals surface area contributed by atoms with E-state index in [0.717, 1.165) is 21.7 Å². The van der Waals surface area contributed by atoms with Crippen LogP contribution in [0.4, 0.5) is 5.69 Å². The first kappa shape index (κ1) is 20.9. The molecule has 0 radical (unpaired) electrons. The number of rotatable bonds is 4. The Labute approximate surface area is 187 Å². The Balaban J connectivity index is 1.52. The summed E-state index contributed by atoms with van der Waals surface area (Å²) >= 11 is 1.44. The quantitative estimate of drug-likeness (QED) is 0.571. The fourth-order valence-corrected chi connectivity index (χ4v) is 4.43. The number of carbonyl (C=O) groups excluding carboxylic acids is 2. The van der Waals surface area contributed by atoms with Gasteiger partial charge in [-0.05, 0) is 49.2 Å². The van der Waals surface area contributed by atoms with Gasteiger partial charge in [0.05, 0.1) is 10.6 Å². The predicted octanol–water partition coefficient (Wildman–Crippen LogP) is 5.34. The van der Waals surface area contributed by atoms with Gasteiger partial charge in [-0.25, -0.2) is 0 Å². The van der Waals surface area contributed by atoms with Crippen LogP contribution in [0.5, 0.6) is 0 Å². The highest BCUT2D eigenvalue weighted by Crippen LogP contribution is 2.42. The molecule has 5 heteroatoms. The average molecular weight is 429 g/mol. The molecule has 0 aliphatic carbocycles. The van der Waals surface area contributed by atoms with Crippen molar-refractivity contribution in [2.24, 2.45) is 0 Å². The molecule has 156 valence electrons. The number of likely N-dealkylation sites (N-methyl/N-ethyl adjacent to an activating group) is 1. The van der Waals surface area contributed by atoms with Gasteiger partial charge >= 0.3 is 0 Å². The second-order valence-electron chi connectivity index (χ2n) is 7.74. The van der Waals surface area contributed by atoms with E-state index in [-0.39, 0.29) is 11.8 Å². The van der Waals surface area contributed by atoms with Crippen LogP contribution >= 0.6 is 11.8 Å². The van der Waals surface area contributed by atoms with E-state index < -0.39 is 0 Å². The molecule has 0 atom stereocenters. The van der Waals surface area contributed by atoms with Gasteiger partial charge in [0.25, 0.3) is 11.8 Å². The molecule has 0 saturated carbocycles. The molecule has 1 aliphatic rings. The fraction of sp³-hybridized carbons (Fsp3) is 0.154. The van der Waals surface area contributed by atoms with Gasteiger partial charge < -0.3 is 10.2 Å². The molecule has 4 nitrogen and oxygen atoms in total. The van der Waals surface area contributed by atoms with Crippen molar-refractivity contribution in [2.75, 3.05) is 11.9 Å². The van der Waals surface area contributed by atoms with Crippen LogP contribution in [0.2, 0.25) is 0 Å². The smallest absolute Gasteiger partial charge is 0.264 e. The lowest BCUT2D eigenvalue weighted by Crippen LogP contribution is -2.31. The van der Waals surface area contributed by atoms with Crippen molar-refractivity contribution in [1.29, 1.82) is 0 Å². The van der Waals surface area contributed by atoms with Gasteiger partial charge in [0.1, 0.15) is 0 Å². The lowest BCUT2D eigenvalue weighted by molar-refractivity contribution is -0.114. The van der Waals surface area contributed by atoms with Crippen molar-refractivity contribution in [3.05, 3.63) is 99.5 Å². The number of fused-ring (bicyclic) bond motifs is 1. The minimum atomic E-state index is -0.157. The van der Waals surface area contributed by atoms with Gasteiger partial charge in [-0.3, -0.25) is 9.59 Å². The number of nitrogens with zero attached hydrogens (tertiary/aromatic N) is 1. The van der Waals surface area contributed by atoms with Crippen LogP contribution in [-0.2, 0) is 11.3 Å². The second-order valence-corrected chi connectivity index (χ2v) is 8.82. The Hall–Kier alpha value is -3.31. The van der Waals surface area contributed by atoms with Crippen molar-refractivity contribution < 1.29 is 9.59 Å². The highest BCUT2D eigenvalue weighted by molar-refractivity contribution is 8.04. The molecule has 0 bridgehead atoms. The van der Waals surface area contributed by atoms with E-state index >= 15 is 0 Å². The average Bonchev–Trinajstić information content (AvgIpc) is 2.78. The molecule has 0 fully saturated rings. The first-order valence-electron chi connectivity index (χ1n) is 10.1. The van der Waals surface area contributed by atoms with Gasteiger partial charge in [0, 0.05) is 24.1 Å². The molecule has 31 heavy (non-hydrogen) atoms. The molecule has 0 unspecified atom stereocenters. The highest BCUT2D eigenvalue weighted by Gasteiger charge is 2.27. The topological polar surface area (TPSA) is 49.4 Å². The molecule has 1 aliphatic heterocycles. The maximum absolute atomic E-state index is 12.9. The van der Waals surface area contributed by atoms with Gasteiger partial charge in [-0.1, -0.05) is 71.4 Å². The van der Waals surface area contributed by atoms with Gasteiger partial charge in [0.15, 0.2) is 0 Å². The summed E-state index contributed by atoms with van der Waals surface area (Å²) in [5.41, 5.74) is 5.69. The number of amides is 2. The first-order chi connectivity index (χ1) is 14.9. The molecule has 3 aromatic carbocycles. The molecule has 2 amide bonds. The summed E-state index contributed by atoms with van der Waals surface area (Å²) in [4.78, 5) is 28.8. The highest BCUT2D eigenvalue weighted by atomic mass is 32.2. The third kappa shape index (κ3) is 4.72. The summed E-state index contributed by atoms with van der Waals surface area (Å²) in [5.74, 6) is -0.231. The van der Waals surface area contributed by atoms with Gasteiger partial charge in [-0.15, -0.1) is 0 Å². The van der Waals surface area contributed by atoms with Crippen LogP contribution in [0.15, 0.2) is 76.5 Å². The van der Waals surface area contributed by atoms with E-state index in [1.54, 1.807) is 18.0 Å². The van der Waals surface area contributed by atoms with Crippen LogP contribution in [0, 0.1) is 13.8 Å². The van der Waals surface area contributed by atoms with E-state index in [1.807, 2.05) is 80.6 Å². The molecule has 1 N–H and O–H groups in total. The minimum Gasteiger partial charge on any atom is -0.348 e. The third-order valence-electron chi connectivity index (χ3n) is 5.27. The van der Waals surface area contributed by atoms with Crippen LogP contribution in [0.1, 0.15) is 32.6 Å². The van der Waals surface area contributed by atoms with Crippen LogP contribution in [0.3, 0.4) is 0 Å². The summed E-state index contributed by atoms with van der Waals surface area (Å²) in [6.45, 7) is 4.53. The van der Waals surface area contributed by atoms with Crippen molar-refractivity contribution in [1.82, 2.24) is 5.32 Å². The standard InChI is InChI=1S/C26H24N2O2S/c1-17-4-8-19(9-5-17)14-24-26(30)28(3)22-15-21(12-13-23(22)31-24)25(29)27-16-20-10-6-18(2)7-11-20/h4-15H,16H2,1-3H3,(H,27,29)/b24-14-. The third-order valence-corrected chi connectivity index (χ3v) is 6.34. The van der Waals surface area contributed by atoms with E-state index in [2.05, 4.69) is 5.32 Å². The van der Waals surface area contributed by atoms with E-state index in [1.165, 1.54) is 22.9 Å². The molecule has 1 heterocycles. The predicted molar refractivity (Wildman–Crippen MR) is 127 cm³/mol. The van der Waals surface area contributed by atoms with Crippen LogP contribution in [-0.4, -0.2) is 18.9 Å². The maximum atomic E-state index is 12.9. The molecule has 0 spiro atoms. The van der Waals surface area contributed by atoms with E-state index in [9.17, 15) is 9.59 Å². The molecular formula is C26H24N2O2S. The number of benzene rings is 3. The maximum Gasteiger partial charge on any atom is 0.264 e. The van der Waals surface area contributed by atoms with Gasteiger partial charge in [0.2, 0.25) is 0 Å².